The summed E-state index contributed by atoms with van der Waals surface area (Å²) in [5.74, 6) is 0.697. The average molecular weight is 277 g/mol. The molecule has 1 atom stereocenters. The molecule has 3 aliphatic rings. The molecule has 7 heteroatoms. The number of carbonyl (C=O) groups excluding carboxylic acids is 1. The van der Waals surface area contributed by atoms with Crippen LogP contribution in [-0.2, 0) is 0 Å². The molecule has 0 aliphatic carbocycles. The van der Waals surface area contributed by atoms with Crippen LogP contribution >= 0.6 is 0 Å². The fraction of sp³-hybridized carbons (Fsp3) is 0.615. The first-order valence-corrected chi connectivity index (χ1v) is 6.87. The minimum atomic E-state index is -0.194. The largest absolute Gasteiger partial charge is 0.480 e. The van der Waals surface area contributed by atoms with Crippen molar-refractivity contribution in [3.8, 4) is 5.88 Å². The number of aromatic nitrogens is 2. The minimum Gasteiger partial charge on any atom is -0.480 e. The van der Waals surface area contributed by atoms with Gasteiger partial charge in [0.25, 0.3) is 5.91 Å². The number of rotatable bonds is 3. The van der Waals surface area contributed by atoms with Gasteiger partial charge in [0.2, 0.25) is 11.8 Å². The second kappa shape index (κ2) is 5.24. The van der Waals surface area contributed by atoms with Gasteiger partial charge in [0.15, 0.2) is 0 Å². The van der Waals surface area contributed by atoms with Crippen LogP contribution in [0.2, 0.25) is 0 Å². The highest BCUT2D eigenvalue weighted by Crippen LogP contribution is 2.28. The minimum absolute atomic E-state index is 0.0984. The highest BCUT2D eigenvalue weighted by Gasteiger charge is 2.35. The van der Waals surface area contributed by atoms with Crippen molar-refractivity contribution in [3.63, 3.8) is 0 Å². The third-order valence-corrected chi connectivity index (χ3v) is 4.18. The van der Waals surface area contributed by atoms with Crippen molar-refractivity contribution >= 4 is 11.9 Å². The molecule has 3 N–H and O–H groups in total. The Bertz CT molecular complexity index is 513. The number of hydrogen-bond acceptors (Lipinski definition) is 6. The molecule has 4 heterocycles. The number of nitrogens with one attached hydrogen (secondary N) is 1. The number of hydrogen-bond donors (Lipinski definition) is 2. The predicted octanol–water partition coefficient (Wildman–Crippen LogP) is -0.109. The van der Waals surface area contributed by atoms with Crippen LogP contribution in [0.15, 0.2) is 6.20 Å². The van der Waals surface area contributed by atoms with Crippen LogP contribution in [0.5, 0.6) is 5.88 Å². The van der Waals surface area contributed by atoms with Crippen molar-refractivity contribution in [2.45, 2.75) is 18.9 Å². The lowest BCUT2D eigenvalue weighted by atomic mass is 9.84. The predicted molar refractivity (Wildman–Crippen MR) is 73.4 cm³/mol. The van der Waals surface area contributed by atoms with E-state index in [1.807, 2.05) is 0 Å². The fourth-order valence-corrected chi connectivity index (χ4v) is 3.07. The molecule has 0 aromatic carbocycles. The van der Waals surface area contributed by atoms with Crippen molar-refractivity contribution in [2.24, 2.45) is 5.92 Å². The number of methoxy groups -OCH3 is 1. The van der Waals surface area contributed by atoms with Crippen LogP contribution in [-0.4, -0.2) is 53.6 Å². The van der Waals surface area contributed by atoms with Gasteiger partial charge in [-0.2, -0.15) is 4.98 Å². The van der Waals surface area contributed by atoms with Crippen LogP contribution in [0.25, 0.3) is 0 Å². The molecule has 4 rings (SSSR count). The summed E-state index contributed by atoms with van der Waals surface area (Å²) >= 11 is 0. The second-order valence-corrected chi connectivity index (χ2v) is 5.37. The van der Waals surface area contributed by atoms with Gasteiger partial charge in [-0.15, -0.1) is 0 Å². The Kier molecular flexibility index (Phi) is 3.43. The Labute approximate surface area is 117 Å². The molecular weight excluding hydrogens is 258 g/mol. The second-order valence-electron chi connectivity index (χ2n) is 5.37. The molecule has 20 heavy (non-hydrogen) atoms. The van der Waals surface area contributed by atoms with E-state index in [0.29, 0.717) is 11.5 Å². The number of nitrogen functional groups attached to an aromatic ring is 1. The molecular formula is C13H19N5O2. The zero-order chi connectivity index (χ0) is 14.1. The molecule has 7 nitrogen and oxygen atoms in total. The summed E-state index contributed by atoms with van der Waals surface area (Å²) in [5, 5.41) is 3.08. The molecule has 1 amide bonds. The van der Waals surface area contributed by atoms with E-state index in [1.54, 1.807) is 0 Å². The molecule has 0 spiro atoms. The lowest BCUT2D eigenvalue weighted by Crippen LogP contribution is -2.57. The normalized spacial score (nSPS) is 28.1. The van der Waals surface area contributed by atoms with E-state index in [0.717, 1.165) is 32.5 Å². The first kappa shape index (κ1) is 13.1. The number of anilines is 1. The third-order valence-electron chi connectivity index (χ3n) is 4.18. The first-order chi connectivity index (χ1) is 9.67. The van der Waals surface area contributed by atoms with E-state index in [1.165, 1.54) is 13.3 Å². The van der Waals surface area contributed by atoms with Crippen LogP contribution < -0.4 is 15.8 Å². The molecule has 2 bridgehead atoms. The molecule has 3 aliphatic heterocycles. The van der Waals surface area contributed by atoms with Gasteiger partial charge in [0.05, 0.1) is 7.11 Å². The SMILES string of the molecule is COc1nc(N)ncc1C(=O)NC1CN2CCC1CC2. The number of amides is 1. The zero-order valence-electron chi connectivity index (χ0n) is 11.5. The average Bonchev–Trinajstić information content (AvgIpc) is 2.48. The van der Waals surface area contributed by atoms with Gasteiger partial charge in [0.1, 0.15) is 5.56 Å². The molecule has 0 radical (unpaired) electrons. The maximum atomic E-state index is 12.3. The number of carbonyl (C=O) groups is 1. The Morgan fingerprint density at radius 3 is 2.85 bits per heavy atom. The van der Waals surface area contributed by atoms with Crippen LogP contribution in [0.1, 0.15) is 23.2 Å². The quantitative estimate of drug-likeness (QED) is 0.801. The molecule has 1 aromatic heterocycles. The van der Waals surface area contributed by atoms with E-state index in [2.05, 4.69) is 20.2 Å². The number of ether oxygens (including phenoxy) is 1. The zero-order valence-corrected chi connectivity index (χ0v) is 11.5. The van der Waals surface area contributed by atoms with Gasteiger partial charge in [-0.05, 0) is 31.8 Å². The Morgan fingerprint density at radius 2 is 2.25 bits per heavy atom. The van der Waals surface area contributed by atoms with Crippen molar-refractivity contribution in [1.82, 2.24) is 20.2 Å². The lowest BCUT2D eigenvalue weighted by molar-refractivity contribution is 0.0618. The van der Waals surface area contributed by atoms with Gasteiger partial charge >= 0.3 is 0 Å². The molecule has 1 unspecified atom stereocenters. The monoisotopic (exact) mass is 277 g/mol. The summed E-state index contributed by atoms with van der Waals surface area (Å²) in [6.07, 6.45) is 3.72. The smallest absolute Gasteiger partial charge is 0.258 e. The molecule has 108 valence electrons. The van der Waals surface area contributed by atoms with E-state index in [-0.39, 0.29) is 23.8 Å². The molecule has 3 saturated heterocycles. The summed E-state index contributed by atoms with van der Waals surface area (Å²) in [4.78, 5) is 22.5. The fourth-order valence-electron chi connectivity index (χ4n) is 3.07. The van der Waals surface area contributed by atoms with Crippen LogP contribution in [0.4, 0.5) is 5.95 Å². The molecule has 3 fully saturated rings. The van der Waals surface area contributed by atoms with E-state index in [4.69, 9.17) is 10.5 Å². The first-order valence-electron chi connectivity index (χ1n) is 6.87. The summed E-state index contributed by atoms with van der Waals surface area (Å²) < 4.78 is 5.10. The standard InChI is InChI=1S/C13H19N5O2/c1-20-12-9(6-15-13(14)17-12)11(19)16-10-7-18-4-2-8(10)3-5-18/h6,8,10H,2-5,7H2,1H3,(H,16,19)(H2,14,15,17). The van der Waals surface area contributed by atoms with Gasteiger partial charge < -0.3 is 20.7 Å². The summed E-state index contributed by atoms with van der Waals surface area (Å²) in [6, 6.07) is 0.201. The number of nitrogens with two attached hydrogens (primary N) is 1. The topological polar surface area (TPSA) is 93.4 Å². The summed E-state index contributed by atoms with van der Waals surface area (Å²) in [7, 11) is 1.47. The number of nitrogens with zero attached hydrogens (tertiary/aromatic N) is 3. The summed E-state index contributed by atoms with van der Waals surface area (Å²) in [6.45, 7) is 3.21. The Hall–Kier alpha value is -1.89. The van der Waals surface area contributed by atoms with Crippen molar-refractivity contribution < 1.29 is 9.53 Å². The van der Waals surface area contributed by atoms with Crippen molar-refractivity contribution in [1.29, 1.82) is 0 Å². The number of fused-ring (bicyclic) bond motifs is 3. The number of piperidine rings is 3. The Balaban J connectivity index is 1.73. The maximum Gasteiger partial charge on any atom is 0.258 e. The van der Waals surface area contributed by atoms with Crippen molar-refractivity contribution in [2.75, 3.05) is 32.5 Å². The van der Waals surface area contributed by atoms with E-state index < -0.39 is 0 Å². The summed E-state index contributed by atoms with van der Waals surface area (Å²) in [5.41, 5.74) is 5.83. The highest BCUT2D eigenvalue weighted by molar-refractivity contribution is 5.96. The lowest BCUT2D eigenvalue weighted by Gasteiger charge is -2.44. The highest BCUT2D eigenvalue weighted by atomic mass is 16.5. The van der Waals surface area contributed by atoms with Crippen LogP contribution in [0.3, 0.4) is 0 Å². The van der Waals surface area contributed by atoms with Crippen LogP contribution in [0, 0.1) is 5.92 Å². The van der Waals surface area contributed by atoms with E-state index >= 15 is 0 Å². The van der Waals surface area contributed by atoms with Gasteiger partial charge in [-0.1, -0.05) is 0 Å². The van der Waals surface area contributed by atoms with Gasteiger partial charge in [-0.3, -0.25) is 4.79 Å². The third kappa shape index (κ3) is 2.40. The van der Waals surface area contributed by atoms with E-state index in [9.17, 15) is 4.79 Å². The molecule has 0 saturated carbocycles. The van der Waals surface area contributed by atoms with Gasteiger partial charge in [-0.25, -0.2) is 4.98 Å². The van der Waals surface area contributed by atoms with Crippen molar-refractivity contribution in [3.05, 3.63) is 11.8 Å². The molecule has 1 aromatic rings. The Morgan fingerprint density at radius 1 is 1.50 bits per heavy atom. The van der Waals surface area contributed by atoms with Gasteiger partial charge in [0, 0.05) is 18.8 Å². The maximum absolute atomic E-state index is 12.3.